The fraction of sp³-hybridized carbons (Fsp3) is 1.00. The monoisotopic (exact) mass is 523 g/mol. The van der Waals surface area contributed by atoms with E-state index in [1.807, 2.05) is 0 Å². The van der Waals surface area contributed by atoms with Crippen molar-refractivity contribution in [3.8, 4) is 0 Å². The molecule has 0 aliphatic carbocycles. The summed E-state index contributed by atoms with van der Waals surface area (Å²) >= 11 is 0. The zero-order valence-corrected chi connectivity index (χ0v) is 18.0. The quantitative estimate of drug-likeness (QED) is 0.309. The number of hydrogen-bond donors (Lipinski definition) is 0. The fourth-order valence-corrected chi connectivity index (χ4v) is 7.76. The Morgan fingerprint density at radius 2 is 0.719 bits per heavy atom. The summed E-state index contributed by atoms with van der Waals surface area (Å²) in [6.45, 7) is 3.81. The minimum absolute atomic E-state index is 0.0203. The zero-order valence-electron chi connectivity index (χ0n) is 17.1. The molecule has 0 N–H and O–H groups in total. The molecule has 0 radical (unpaired) electrons. The molecule has 2 heterocycles. The fourth-order valence-electron chi connectivity index (χ4n) is 3.33. The van der Waals surface area contributed by atoms with Crippen LogP contribution in [0.5, 0.6) is 0 Å². The molecule has 1 spiro atoms. The van der Waals surface area contributed by atoms with Crippen LogP contribution in [0.2, 0.25) is 0 Å². The Hall–Kier alpha value is -0.610. The van der Waals surface area contributed by atoms with Crippen LogP contribution in [0.25, 0.3) is 0 Å². The van der Waals surface area contributed by atoms with Gasteiger partial charge in [0.15, 0.2) is 0 Å². The summed E-state index contributed by atoms with van der Waals surface area (Å²) in [5, 5.41) is 0. The Morgan fingerprint density at radius 3 is 0.875 bits per heavy atom. The molecule has 192 valence electrons. The van der Waals surface area contributed by atoms with Crippen molar-refractivity contribution in [2.24, 2.45) is 0 Å². The van der Waals surface area contributed by atoms with Crippen LogP contribution in [0, 0.1) is 0 Å². The van der Waals surface area contributed by atoms with Crippen molar-refractivity contribution in [3.63, 3.8) is 0 Å². The summed E-state index contributed by atoms with van der Waals surface area (Å²) in [7, 11) is -6.12. The predicted molar refractivity (Wildman–Crippen MR) is 82.8 cm³/mol. The molecule has 2 aliphatic heterocycles. The van der Waals surface area contributed by atoms with Gasteiger partial charge in [0, 0.05) is 0 Å². The van der Waals surface area contributed by atoms with Crippen LogP contribution in [-0.4, -0.2) is 65.9 Å². The molecule has 0 atom stereocenters. The van der Waals surface area contributed by atoms with Crippen molar-refractivity contribution < 1.29 is 70.8 Å². The van der Waals surface area contributed by atoms with Gasteiger partial charge in [-0.05, 0) is 0 Å². The molecule has 2 aliphatic rings. The summed E-state index contributed by atoms with van der Waals surface area (Å²) in [5.41, 5.74) is -18.2. The van der Waals surface area contributed by atoms with E-state index in [4.69, 9.17) is 9.05 Å². The van der Waals surface area contributed by atoms with Crippen molar-refractivity contribution in [1.82, 2.24) is 4.67 Å². The van der Waals surface area contributed by atoms with Crippen LogP contribution in [0.3, 0.4) is 0 Å². The number of nitrogens with zero attached hydrogens (tertiary/aromatic N) is 1. The Balaban J connectivity index is 3.20. The van der Waals surface area contributed by atoms with E-state index in [0.29, 0.717) is 14.1 Å². The minimum atomic E-state index is -7.36. The van der Waals surface area contributed by atoms with Gasteiger partial charge in [0.2, 0.25) is 0 Å². The van der Waals surface area contributed by atoms with E-state index in [2.05, 4.69) is 9.05 Å². The Labute approximate surface area is 173 Å². The van der Waals surface area contributed by atoms with Gasteiger partial charge < -0.3 is 0 Å². The second-order valence-electron chi connectivity index (χ2n) is 8.36. The SMILES string of the molecule is CN(C)P12(OC(C)(C)C(C)(C)O1)OC(C(F)(F)F)(C(F)(F)F)C(C(F)(F)F)(C(F)(F)F)O2. The summed E-state index contributed by atoms with van der Waals surface area (Å²) in [6.07, 6.45) is -29.5. The second-order valence-corrected chi connectivity index (χ2v) is 11.4. The second kappa shape index (κ2) is 6.33. The van der Waals surface area contributed by atoms with Crippen molar-refractivity contribution in [1.29, 1.82) is 0 Å². The molecule has 0 aromatic rings. The summed E-state index contributed by atoms with van der Waals surface area (Å²) in [4.78, 5) is 0. The number of hydrogen-bond acceptors (Lipinski definition) is 5. The van der Waals surface area contributed by atoms with E-state index in [9.17, 15) is 52.7 Å². The zero-order chi connectivity index (χ0) is 25.9. The molecule has 2 saturated heterocycles. The molecule has 0 saturated carbocycles. The molecule has 2 rings (SSSR count). The van der Waals surface area contributed by atoms with Gasteiger partial charge in [-0.25, -0.2) is 0 Å². The van der Waals surface area contributed by atoms with Gasteiger partial charge in [0.05, 0.1) is 0 Å². The first-order valence-corrected chi connectivity index (χ1v) is 10.3. The first-order chi connectivity index (χ1) is 13.6. The third-order valence-corrected chi connectivity index (χ3v) is 9.52. The standard InChI is InChI=1S/C14H18F12NO4P/c1-7(2)8(3,4)29-32(28-7,27(5)6)30-9(11(15,16)17,12(18,19)20)10(31-32,13(21,22)23)14(24,25)26/h1-6H3. The predicted octanol–water partition coefficient (Wildman–Crippen LogP) is 6.05. The Morgan fingerprint density at radius 1 is 0.500 bits per heavy atom. The molecule has 5 nitrogen and oxygen atoms in total. The third kappa shape index (κ3) is 2.96. The Kier molecular flexibility index (Phi) is 5.47. The molecule has 0 amide bonds. The van der Waals surface area contributed by atoms with Crippen LogP contribution < -0.4 is 0 Å². The van der Waals surface area contributed by atoms with Crippen molar-refractivity contribution in [2.75, 3.05) is 14.1 Å². The molecule has 0 aromatic carbocycles. The van der Waals surface area contributed by atoms with Gasteiger partial charge in [-0.15, -0.1) is 0 Å². The van der Waals surface area contributed by atoms with E-state index >= 15 is 0 Å². The molecule has 2 fully saturated rings. The molecule has 0 aromatic heterocycles. The first-order valence-electron chi connectivity index (χ1n) is 8.41. The third-order valence-electron chi connectivity index (χ3n) is 5.54. The van der Waals surface area contributed by atoms with Gasteiger partial charge in [-0.2, -0.15) is 0 Å². The summed E-state index contributed by atoms with van der Waals surface area (Å²) < 4.78 is 185. The van der Waals surface area contributed by atoms with Crippen LogP contribution in [-0.2, 0) is 18.1 Å². The van der Waals surface area contributed by atoms with E-state index < -0.39 is 54.8 Å². The average Bonchev–Trinajstić information content (AvgIpc) is 2.83. The van der Waals surface area contributed by atoms with Crippen molar-refractivity contribution in [2.45, 2.75) is 74.8 Å². The molecule has 0 unspecified atom stereocenters. The summed E-state index contributed by atoms with van der Waals surface area (Å²) in [5.74, 6) is 0. The van der Waals surface area contributed by atoms with Crippen LogP contribution in [0.1, 0.15) is 27.7 Å². The van der Waals surface area contributed by atoms with E-state index in [1.165, 1.54) is 0 Å². The van der Waals surface area contributed by atoms with Crippen LogP contribution in [0.4, 0.5) is 52.7 Å². The maximum absolute atomic E-state index is 13.9. The number of halogens is 12. The van der Waals surface area contributed by atoms with Crippen LogP contribution in [0.15, 0.2) is 0 Å². The number of alkyl halides is 12. The van der Waals surface area contributed by atoms with Crippen molar-refractivity contribution >= 4 is 7.66 Å². The molecular weight excluding hydrogens is 505 g/mol. The van der Waals surface area contributed by atoms with E-state index in [-0.39, 0.29) is 4.67 Å². The van der Waals surface area contributed by atoms with Gasteiger partial charge in [-0.1, -0.05) is 0 Å². The van der Waals surface area contributed by atoms with Gasteiger partial charge in [-0.3, -0.25) is 0 Å². The molecular formula is C14H18F12NO4P. The van der Waals surface area contributed by atoms with E-state index in [1.54, 1.807) is 0 Å². The first kappa shape index (κ1) is 27.6. The average molecular weight is 523 g/mol. The summed E-state index contributed by atoms with van der Waals surface area (Å²) in [6, 6.07) is 0. The van der Waals surface area contributed by atoms with Crippen molar-refractivity contribution in [3.05, 3.63) is 0 Å². The molecule has 32 heavy (non-hydrogen) atoms. The normalized spacial score (nSPS) is 29.8. The maximum atomic E-state index is 13.9. The Bertz CT molecular complexity index is 695. The number of rotatable bonds is 1. The topological polar surface area (TPSA) is 40.2 Å². The van der Waals surface area contributed by atoms with Crippen LogP contribution >= 0.6 is 7.66 Å². The van der Waals surface area contributed by atoms with E-state index in [0.717, 1.165) is 27.7 Å². The van der Waals surface area contributed by atoms with Gasteiger partial charge in [0.25, 0.3) is 0 Å². The van der Waals surface area contributed by atoms with Gasteiger partial charge in [0.1, 0.15) is 0 Å². The molecule has 18 heteroatoms. The van der Waals surface area contributed by atoms with Gasteiger partial charge >= 0.3 is 172 Å². The molecule has 0 bridgehead atoms.